The fraction of sp³-hybridized carbons (Fsp3) is 0.556. The van der Waals surface area contributed by atoms with Gasteiger partial charge in [0.25, 0.3) is 5.95 Å². The number of hydrogen-bond donors (Lipinski definition) is 1. The fourth-order valence-corrected chi connectivity index (χ4v) is 1.37. The third kappa shape index (κ3) is 1.61. The fourth-order valence-electron chi connectivity index (χ4n) is 1.37. The lowest BCUT2D eigenvalue weighted by Gasteiger charge is -2.15. The van der Waals surface area contributed by atoms with Crippen LogP contribution in [0.5, 0.6) is 0 Å². The van der Waals surface area contributed by atoms with E-state index in [4.69, 9.17) is 0 Å². The normalized spacial score (nSPS) is 18.3. The van der Waals surface area contributed by atoms with Gasteiger partial charge >= 0.3 is 0 Å². The summed E-state index contributed by atoms with van der Waals surface area (Å²) in [7, 11) is 0. The van der Waals surface area contributed by atoms with Crippen molar-refractivity contribution in [2.24, 2.45) is 0 Å². The van der Waals surface area contributed by atoms with Crippen molar-refractivity contribution in [1.82, 2.24) is 9.97 Å². The van der Waals surface area contributed by atoms with Crippen LogP contribution in [0.25, 0.3) is 0 Å². The lowest BCUT2D eigenvalue weighted by atomic mass is 10.2. The highest BCUT2D eigenvalue weighted by Gasteiger charge is 2.41. The van der Waals surface area contributed by atoms with Crippen LogP contribution in [0, 0.1) is 5.95 Å². The number of nitrogens with one attached hydrogen (secondary N) is 1. The molecule has 1 N–H and O–H groups in total. The topological polar surface area (TPSA) is 37.8 Å². The highest BCUT2D eigenvalue weighted by Crippen LogP contribution is 2.41. The van der Waals surface area contributed by atoms with Gasteiger partial charge in [0.15, 0.2) is 5.82 Å². The van der Waals surface area contributed by atoms with E-state index >= 15 is 0 Å². The van der Waals surface area contributed by atoms with E-state index in [0.717, 1.165) is 19.3 Å². The summed E-state index contributed by atoms with van der Waals surface area (Å²) in [6.45, 7) is 2.09. The molecule has 70 valence electrons. The van der Waals surface area contributed by atoms with Crippen LogP contribution in [-0.4, -0.2) is 15.5 Å². The molecule has 3 nitrogen and oxygen atoms in total. The van der Waals surface area contributed by atoms with Gasteiger partial charge in [0.05, 0.1) is 0 Å². The van der Waals surface area contributed by atoms with Gasteiger partial charge in [-0.25, -0.2) is 9.97 Å². The zero-order valence-corrected chi connectivity index (χ0v) is 7.55. The molecular weight excluding hydrogens is 169 g/mol. The Hall–Kier alpha value is -1.19. The highest BCUT2D eigenvalue weighted by atomic mass is 19.1. The molecule has 1 aromatic heterocycles. The molecule has 1 heterocycles. The van der Waals surface area contributed by atoms with Crippen LogP contribution in [0.3, 0.4) is 0 Å². The molecule has 4 heteroatoms. The van der Waals surface area contributed by atoms with Crippen LogP contribution in [0.2, 0.25) is 0 Å². The van der Waals surface area contributed by atoms with E-state index in [0.29, 0.717) is 0 Å². The van der Waals surface area contributed by atoms with Crippen molar-refractivity contribution < 1.29 is 4.39 Å². The SMILES string of the molecule is CCC1(Nc2nccnc2F)CC1. The Kier molecular flexibility index (Phi) is 1.90. The van der Waals surface area contributed by atoms with Crippen molar-refractivity contribution in [1.29, 1.82) is 0 Å². The Balaban J connectivity index is 2.14. The maximum Gasteiger partial charge on any atom is 0.255 e. The second-order valence-corrected chi connectivity index (χ2v) is 3.45. The second kappa shape index (κ2) is 2.94. The first kappa shape index (κ1) is 8.41. The van der Waals surface area contributed by atoms with Crippen molar-refractivity contribution in [3.63, 3.8) is 0 Å². The highest BCUT2D eigenvalue weighted by molar-refractivity contribution is 5.38. The molecular formula is C9H12FN3. The lowest BCUT2D eigenvalue weighted by molar-refractivity contribution is 0.572. The van der Waals surface area contributed by atoms with E-state index in [-0.39, 0.29) is 11.4 Å². The minimum Gasteiger partial charge on any atom is -0.361 e. The molecule has 0 aliphatic heterocycles. The van der Waals surface area contributed by atoms with E-state index in [1.165, 1.54) is 12.4 Å². The zero-order chi connectivity index (χ0) is 9.31. The number of anilines is 1. The minimum atomic E-state index is -0.512. The minimum absolute atomic E-state index is 0.0941. The van der Waals surface area contributed by atoms with Gasteiger partial charge in [-0.1, -0.05) is 6.92 Å². The van der Waals surface area contributed by atoms with Gasteiger partial charge in [-0.3, -0.25) is 0 Å². The summed E-state index contributed by atoms with van der Waals surface area (Å²) >= 11 is 0. The Labute approximate surface area is 76.4 Å². The molecule has 0 saturated heterocycles. The van der Waals surface area contributed by atoms with Crippen LogP contribution < -0.4 is 5.32 Å². The predicted octanol–water partition coefficient (Wildman–Crippen LogP) is 1.97. The molecule has 1 aliphatic carbocycles. The number of hydrogen-bond acceptors (Lipinski definition) is 3. The van der Waals surface area contributed by atoms with Gasteiger partial charge < -0.3 is 5.32 Å². The van der Waals surface area contributed by atoms with Gasteiger partial charge in [-0.15, -0.1) is 0 Å². The molecule has 0 radical (unpaired) electrons. The lowest BCUT2D eigenvalue weighted by Crippen LogP contribution is -2.21. The van der Waals surface area contributed by atoms with E-state index < -0.39 is 5.95 Å². The second-order valence-electron chi connectivity index (χ2n) is 3.45. The van der Waals surface area contributed by atoms with E-state index in [9.17, 15) is 4.39 Å². The standard InChI is InChI=1S/C9H12FN3/c1-2-9(3-4-9)13-8-7(10)11-5-6-12-8/h5-6H,2-4H2,1H3,(H,12,13). The van der Waals surface area contributed by atoms with E-state index in [1.807, 2.05) is 0 Å². The van der Waals surface area contributed by atoms with Crippen molar-refractivity contribution in [3.05, 3.63) is 18.3 Å². The Morgan fingerprint density at radius 3 is 2.69 bits per heavy atom. The van der Waals surface area contributed by atoms with Gasteiger partial charge in [0, 0.05) is 17.9 Å². The summed E-state index contributed by atoms with van der Waals surface area (Å²) in [6, 6.07) is 0. The molecule has 0 aromatic carbocycles. The first-order chi connectivity index (χ1) is 6.26. The summed E-state index contributed by atoms with van der Waals surface area (Å²) in [5.74, 6) is -0.232. The molecule has 1 aromatic rings. The van der Waals surface area contributed by atoms with Crippen molar-refractivity contribution in [3.8, 4) is 0 Å². The predicted molar refractivity (Wildman–Crippen MR) is 47.9 cm³/mol. The first-order valence-corrected chi connectivity index (χ1v) is 4.50. The molecule has 1 fully saturated rings. The first-order valence-electron chi connectivity index (χ1n) is 4.50. The molecule has 13 heavy (non-hydrogen) atoms. The third-order valence-corrected chi connectivity index (χ3v) is 2.57. The molecule has 0 bridgehead atoms. The van der Waals surface area contributed by atoms with Crippen LogP contribution >= 0.6 is 0 Å². The summed E-state index contributed by atoms with van der Waals surface area (Å²) in [4.78, 5) is 7.44. The Morgan fingerprint density at radius 2 is 2.15 bits per heavy atom. The van der Waals surface area contributed by atoms with Crippen LogP contribution in [0.1, 0.15) is 26.2 Å². The van der Waals surface area contributed by atoms with Crippen molar-refractivity contribution in [2.45, 2.75) is 31.7 Å². The Bertz CT molecular complexity index is 309. The summed E-state index contributed by atoms with van der Waals surface area (Å²) in [5, 5.41) is 3.10. The smallest absolute Gasteiger partial charge is 0.255 e. The van der Waals surface area contributed by atoms with Gasteiger partial charge in [0.2, 0.25) is 0 Å². The van der Waals surface area contributed by atoms with Gasteiger partial charge in [-0.05, 0) is 19.3 Å². The van der Waals surface area contributed by atoms with Crippen molar-refractivity contribution >= 4 is 5.82 Å². The molecule has 0 unspecified atom stereocenters. The number of aromatic nitrogens is 2. The van der Waals surface area contributed by atoms with Crippen LogP contribution in [0.15, 0.2) is 12.4 Å². The Morgan fingerprint density at radius 1 is 1.46 bits per heavy atom. The monoisotopic (exact) mass is 181 g/mol. The quantitative estimate of drug-likeness (QED) is 0.774. The van der Waals surface area contributed by atoms with Crippen LogP contribution in [-0.2, 0) is 0 Å². The number of rotatable bonds is 3. The van der Waals surface area contributed by atoms with Gasteiger partial charge in [0.1, 0.15) is 0 Å². The summed E-state index contributed by atoms with van der Waals surface area (Å²) in [5.41, 5.74) is 0.0941. The average molecular weight is 181 g/mol. The molecule has 1 saturated carbocycles. The molecule has 1 aliphatic rings. The zero-order valence-electron chi connectivity index (χ0n) is 7.55. The third-order valence-electron chi connectivity index (χ3n) is 2.57. The maximum atomic E-state index is 13.0. The summed E-state index contributed by atoms with van der Waals surface area (Å²) < 4.78 is 13.0. The maximum absolute atomic E-state index is 13.0. The number of halogens is 1. The van der Waals surface area contributed by atoms with Crippen LogP contribution in [0.4, 0.5) is 10.2 Å². The molecule has 2 rings (SSSR count). The van der Waals surface area contributed by atoms with Gasteiger partial charge in [-0.2, -0.15) is 4.39 Å². The average Bonchev–Trinajstić information content (AvgIpc) is 2.90. The largest absolute Gasteiger partial charge is 0.361 e. The van der Waals surface area contributed by atoms with Crippen molar-refractivity contribution in [2.75, 3.05) is 5.32 Å². The summed E-state index contributed by atoms with van der Waals surface area (Å²) in [6.07, 6.45) is 6.05. The molecule has 0 spiro atoms. The number of nitrogens with zero attached hydrogens (tertiary/aromatic N) is 2. The molecule has 0 amide bonds. The van der Waals surface area contributed by atoms with E-state index in [2.05, 4.69) is 22.2 Å². The van der Waals surface area contributed by atoms with E-state index in [1.54, 1.807) is 0 Å². The molecule has 0 atom stereocenters.